The fourth-order valence-corrected chi connectivity index (χ4v) is 3.57. The van der Waals surface area contributed by atoms with E-state index in [-0.39, 0.29) is 12.5 Å². The number of carbonyl (C=O) groups is 2. The zero-order valence-electron chi connectivity index (χ0n) is 18.5. The molecule has 0 aliphatic heterocycles. The fourth-order valence-electron chi connectivity index (χ4n) is 3.57. The third-order valence-corrected chi connectivity index (χ3v) is 5.75. The van der Waals surface area contributed by atoms with Crippen LogP contribution in [0.15, 0.2) is 54.6 Å². The molecular weight excluding hydrogens is 447 g/mol. The minimum absolute atomic E-state index is 0.0886. The normalized spacial score (nSPS) is 18.8. The average molecular weight is 473 g/mol. The van der Waals surface area contributed by atoms with Crippen LogP contribution in [0.2, 0.25) is 0 Å². The predicted octanol–water partition coefficient (Wildman–Crippen LogP) is 4.34. The van der Waals surface area contributed by atoms with E-state index in [9.17, 15) is 18.0 Å². The number of amides is 1. The molecule has 2 aromatic carbocycles. The van der Waals surface area contributed by atoms with E-state index < -0.39 is 12.1 Å². The van der Waals surface area contributed by atoms with Crippen molar-refractivity contribution in [1.29, 1.82) is 5.26 Å². The van der Waals surface area contributed by atoms with Crippen LogP contribution in [0.25, 0.3) is 0 Å². The summed E-state index contributed by atoms with van der Waals surface area (Å²) in [7, 11) is 0. The van der Waals surface area contributed by atoms with E-state index >= 15 is 0 Å². The fraction of sp³-hybridized carbons (Fsp3) is 0.400. The summed E-state index contributed by atoms with van der Waals surface area (Å²) < 4.78 is 31.7. The van der Waals surface area contributed by atoms with Crippen LogP contribution >= 0.6 is 0 Å². The molecule has 2 aliphatic rings. The first kappa shape index (κ1) is 25.2. The molecular formula is C25H26F3N3O3. The number of carbonyl (C=O) groups excluding carboxylic acids is 1. The molecule has 2 fully saturated rings. The quantitative estimate of drug-likeness (QED) is 0.557. The Kier molecular flexibility index (Phi) is 8.29. The molecule has 6 nitrogen and oxygen atoms in total. The average Bonchev–Trinajstić information content (AvgIpc) is 3.73. The molecule has 0 radical (unpaired) electrons. The first-order valence-electron chi connectivity index (χ1n) is 11.0. The van der Waals surface area contributed by atoms with Gasteiger partial charge in [0, 0.05) is 24.1 Å². The Morgan fingerprint density at radius 2 is 1.71 bits per heavy atom. The van der Waals surface area contributed by atoms with Gasteiger partial charge in [0.25, 0.3) is 5.91 Å². The van der Waals surface area contributed by atoms with Gasteiger partial charge in [-0.1, -0.05) is 42.5 Å². The minimum Gasteiger partial charge on any atom is -0.475 e. The van der Waals surface area contributed by atoms with E-state index in [2.05, 4.69) is 23.5 Å². The minimum atomic E-state index is -5.08. The number of rotatable bonds is 8. The van der Waals surface area contributed by atoms with Gasteiger partial charge in [0.05, 0.1) is 6.07 Å². The van der Waals surface area contributed by atoms with Gasteiger partial charge in [-0.05, 0) is 55.0 Å². The first-order chi connectivity index (χ1) is 16.2. The highest BCUT2D eigenvalue weighted by atomic mass is 19.4. The zero-order chi connectivity index (χ0) is 24.7. The highest BCUT2D eigenvalue weighted by Crippen LogP contribution is 2.41. The molecule has 2 saturated carbocycles. The molecule has 2 aromatic rings. The van der Waals surface area contributed by atoms with Crippen molar-refractivity contribution >= 4 is 11.9 Å². The molecule has 0 bridgehead atoms. The predicted molar refractivity (Wildman–Crippen MR) is 119 cm³/mol. The number of carboxylic acid groups (broad SMARTS) is 1. The molecule has 2 N–H and O–H groups in total. The number of benzene rings is 2. The van der Waals surface area contributed by atoms with Gasteiger partial charge in [-0.2, -0.15) is 18.4 Å². The largest absolute Gasteiger partial charge is 0.490 e. The van der Waals surface area contributed by atoms with E-state index in [4.69, 9.17) is 15.2 Å². The Balaban J connectivity index is 0.000000406. The van der Waals surface area contributed by atoms with Gasteiger partial charge >= 0.3 is 12.1 Å². The lowest BCUT2D eigenvalue weighted by Crippen LogP contribution is -2.30. The molecule has 0 aromatic heterocycles. The number of aliphatic carboxylic acids is 1. The van der Waals surface area contributed by atoms with Crippen LogP contribution in [0.5, 0.6) is 0 Å². The number of nitrogens with one attached hydrogen (secondary N) is 1. The second kappa shape index (κ2) is 11.2. The standard InChI is InChI=1S/C23H25N3O.C2HF3O2/c24-12-13-26(16-18-4-2-1-3-5-18)23(27)20-10-8-19(9-11-20)21-14-22(21)25-15-17-6-7-17;3-2(4,5)1(6)7/h1-5,8-11,17,21-22,25H,6-7,13-16H2;(H,6,7)/t21-,22+;/m0./s1. The second-order valence-corrected chi connectivity index (χ2v) is 8.53. The van der Waals surface area contributed by atoms with Crippen LogP contribution in [-0.2, 0) is 11.3 Å². The van der Waals surface area contributed by atoms with Crippen molar-refractivity contribution in [2.45, 2.75) is 43.9 Å². The molecule has 180 valence electrons. The third kappa shape index (κ3) is 7.59. The Labute approximate surface area is 196 Å². The van der Waals surface area contributed by atoms with Crippen LogP contribution in [-0.4, -0.2) is 47.2 Å². The summed E-state index contributed by atoms with van der Waals surface area (Å²) >= 11 is 0. The van der Waals surface area contributed by atoms with Gasteiger partial charge in [-0.3, -0.25) is 4.79 Å². The molecule has 0 heterocycles. The Bertz CT molecular complexity index is 1020. The number of hydrogen-bond acceptors (Lipinski definition) is 4. The number of alkyl halides is 3. The van der Waals surface area contributed by atoms with Crippen LogP contribution in [0, 0.1) is 17.2 Å². The molecule has 4 rings (SSSR count). The number of nitrogens with zero attached hydrogens (tertiary/aromatic N) is 2. The van der Waals surface area contributed by atoms with Gasteiger partial charge in [0.15, 0.2) is 0 Å². The lowest BCUT2D eigenvalue weighted by atomic mass is 10.1. The molecule has 34 heavy (non-hydrogen) atoms. The first-order valence-corrected chi connectivity index (χ1v) is 11.0. The van der Waals surface area contributed by atoms with Crippen LogP contribution in [0.1, 0.15) is 46.7 Å². The second-order valence-electron chi connectivity index (χ2n) is 8.53. The topological polar surface area (TPSA) is 93.4 Å². The molecule has 1 amide bonds. The maximum Gasteiger partial charge on any atom is 0.490 e. The zero-order valence-corrected chi connectivity index (χ0v) is 18.5. The number of carboxylic acids is 1. The van der Waals surface area contributed by atoms with Crippen LogP contribution in [0.4, 0.5) is 13.2 Å². The highest BCUT2D eigenvalue weighted by Gasteiger charge is 2.39. The summed E-state index contributed by atoms with van der Waals surface area (Å²) in [5, 5.41) is 19.9. The van der Waals surface area contributed by atoms with Crippen molar-refractivity contribution in [3.8, 4) is 6.07 Å². The van der Waals surface area contributed by atoms with Crippen molar-refractivity contribution in [1.82, 2.24) is 10.2 Å². The summed E-state index contributed by atoms with van der Waals surface area (Å²) in [5.41, 5.74) is 2.98. The van der Waals surface area contributed by atoms with Gasteiger partial charge in [-0.25, -0.2) is 4.79 Å². The SMILES string of the molecule is N#CCN(Cc1ccccc1)C(=O)c1ccc([C@@H]2C[C@H]2NCC2CC2)cc1.O=C(O)C(F)(F)F. The summed E-state index contributed by atoms with van der Waals surface area (Å²) in [4.78, 5) is 23.3. The van der Waals surface area contributed by atoms with Crippen molar-refractivity contribution < 1.29 is 27.9 Å². The van der Waals surface area contributed by atoms with E-state index in [0.717, 1.165) is 18.0 Å². The maximum atomic E-state index is 12.8. The van der Waals surface area contributed by atoms with E-state index in [1.165, 1.54) is 24.8 Å². The molecule has 0 spiro atoms. The van der Waals surface area contributed by atoms with Crippen LogP contribution in [0.3, 0.4) is 0 Å². The van der Waals surface area contributed by atoms with Gasteiger partial charge < -0.3 is 15.3 Å². The maximum absolute atomic E-state index is 12.8. The third-order valence-electron chi connectivity index (χ3n) is 5.75. The Morgan fingerprint density at radius 1 is 1.09 bits per heavy atom. The molecule has 9 heteroatoms. The lowest BCUT2D eigenvalue weighted by molar-refractivity contribution is -0.192. The summed E-state index contributed by atoms with van der Waals surface area (Å²) in [6.07, 6.45) is -1.14. The summed E-state index contributed by atoms with van der Waals surface area (Å²) in [6.45, 7) is 1.69. The summed E-state index contributed by atoms with van der Waals surface area (Å²) in [6, 6.07) is 20.5. The van der Waals surface area contributed by atoms with Crippen molar-refractivity contribution in [3.63, 3.8) is 0 Å². The lowest BCUT2D eigenvalue weighted by Gasteiger charge is -2.20. The summed E-state index contributed by atoms with van der Waals surface area (Å²) in [5.74, 6) is -1.37. The van der Waals surface area contributed by atoms with Gasteiger partial charge in [0.1, 0.15) is 6.54 Å². The van der Waals surface area contributed by atoms with Crippen LogP contribution < -0.4 is 5.32 Å². The number of nitriles is 1. The monoisotopic (exact) mass is 473 g/mol. The van der Waals surface area contributed by atoms with E-state index in [1.807, 2.05) is 42.5 Å². The molecule has 2 aliphatic carbocycles. The molecule has 2 atom stereocenters. The smallest absolute Gasteiger partial charge is 0.475 e. The number of halogens is 3. The molecule has 0 saturated heterocycles. The highest BCUT2D eigenvalue weighted by molar-refractivity contribution is 5.94. The van der Waals surface area contributed by atoms with E-state index in [1.54, 1.807) is 4.90 Å². The molecule has 0 unspecified atom stereocenters. The van der Waals surface area contributed by atoms with Crippen molar-refractivity contribution in [2.75, 3.05) is 13.1 Å². The van der Waals surface area contributed by atoms with Gasteiger partial charge in [0.2, 0.25) is 0 Å². The Hall–Kier alpha value is -3.38. The van der Waals surface area contributed by atoms with Crippen molar-refractivity contribution in [3.05, 3.63) is 71.3 Å². The van der Waals surface area contributed by atoms with Gasteiger partial charge in [-0.15, -0.1) is 0 Å². The van der Waals surface area contributed by atoms with Crippen molar-refractivity contribution in [2.24, 2.45) is 5.92 Å². The van der Waals surface area contributed by atoms with E-state index in [0.29, 0.717) is 24.1 Å². The Morgan fingerprint density at radius 3 is 2.24 bits per heavy atom. The number of hydrogen-bond donors (Lipinski definition) is 2.